The second-order valence-electron chi connectivity index (χ2n) is 7.64. The number of hydrogen-bond acceptors (Lipinski definition) is 3. The topological polar surface area (TPSA) is 52.7 Å². The third kappa shape index (κ3) is 5.53. The molecule has 0 aromatic heterocycles. The Labute approximate surface area is 207 Å². The van der Waals surface area contributed by atoms with Gasteiger partial charge >= 0.3 is 0 Å². The summed E-state index contributed by atoms with van der Waals surface area (Å²) >= 11 is 17.6. The first-order valence-corrected chi connectivity index (χ1v) is 11.6. The molecule has 3 aromatic rings. The van der Waals surface area contributed by atoms with Crippen molar-refractivity contribution in [3.63, 3.8) is 0 Å². The minimum absolute atomic E-state index is 0.0223. The van der Waals surface area contributed by atoms with Crippen molar-refractivity contribution < 1.29 is 9.59 Å². The Morgan fingerprint density at radius 2 is 1.52 bits per heavy atom. The molecule has 0 aliphatic carbocycles. The monoisotopic (exact) mass is 497 g/mol. The maximum absolute atomic E-state index is 13.4. The van der Waals surface area contributed by atoms with Crippen LogP contribution >= 0.6 is 35.4 Å². The predicted molar refractivity (Wildman–Crippen MR) is 137 cm³/mol. The van der Waals surface area contributed by atoms with Crippen LogP contribution in [0.1, 0.15) is 12.0 Å². The van der Waals surface area contributed by atoms with Gasteiger partial charge in [-0.05, 0) is 72.7 Å². The van der Waals surface area contributed by atoms with Crippen LogP contribution in [0.5, 0.6) is 0 Å². The zero-order chi connectivity index (χ0) is 23.4. The zero-order valence-corrected chi connectivity index (χ0v) is 19.9. The van der Waals surface area contributed by atoms with E-state index in [1.54, 1.807) is 24.3 Å². The number of carbonyl (C=O) groups excluding carboxylic acids is 2. The summed E-state index contributed by atoms with van der Waals surface area (Å²) in [4.78, 5) is 29.5. The molecule has 8 heteroatoms. The van der Waals surface area contributed by atoms with Crippen LogP contribution in [-0.4, -0.2) is 34.4 Å². The van der Waals surface area contributed by atoms with Gasteiger partial charge in [-0.15, -0.1) is 0 Å². The van der Waals surface area contributed by atoms with E-state index in [9.17, 15) is 9.59 Å². The second kappa shape index (κ2) is 10.3. The highest BCUT2D eigenvalue weighted by atomic mass is 35.5. The minimum Gasteiger partial charge on any atom is -0.336 e. The number of hydrogen-bond donors (Lipinski definition) is 1. The number of carbonyl (C=O) groups is 2. The number of nitrogens with one attached hydrogen (secondary N) is 1. The fourth-order valence-corrected chi connectivity index (χ4v) is 4.39. The maximum atomic E-state index is 13.4. The van der Waals surface area contributed by atoms with Gasteiger partial charge in [-0.1, -0.05) is 53.5 Å². The largest absolute Gasteiger partial charge is 0.336 e. The smallest absolute Gasteiger partial charge is 0.256 e. The van der Waals surface area contributed by atoms with Crippen LogP contribution in [0.3, 0.4) is 0 Å². The summed E-state index contributed by atoms with van der Waals surface area (Å²) in [6.07, 6.45) is 0.633. The molecule has 33 heavy (non-hydrogen) atoms. The first-order chi connectivity index (χ1) is 15.9. The van der Waals surface area contributed by atoms with Gasteiger partial charge in [0.25, 0.3) is 5.91 Å². The van der Waals surface area contributed by atoms with Crippen LogP contribution < -0.4 is 10.2 Å². The molecule has 168 valence electrons. The number of anilines is 2. The van der Waals surface area contributed by atoms with E-state index in [-0.39, 0.29) is 18.2 Å². The lowest BCUT2D eigenvalue weighted by molar-refractivity contribution is -0.124. The molecule has 1 fully saturated rings. The van der Waals surface area contributed by atoms with Gasteiger partial charge in [0.1, 0.15) is 6.04 Å². The summed E-state index contributed by atoms with van der Waals surface area (Å²) in [7, 11) is 0. The number of halogens is 2. The van der Waals surface area contributed by atoms with E-state index in [0.717, 1.165) is 5.56 Å². The molecule has 4 rings (SSSR count). The minimum atomic E-state index is -0.697. The predicted octanol–water partition coefficient (Wildman–Crippen LogP) is 5.57. The standard InChI is InChI=1S/C25H21Cl2N3O2S/c26-18-8-6-17(7-9-18)14-15-29-22(16-23(31)28-20-12-10-19(27)11-13-20)24(32)30(25(29)33)21-4-2-1-3-5-21/h1-13,22H,14-16H2,(H,28,31). The van der Waals surface area contributed by atoms with Gasteiger partial charge < -0.3 is 10.2 Å². The molecule has 2 amide bonds. The second-order valence-corrected chi connectivity index (χ2v) is 8.87. The maximum Gasteiger partial charge on any atom is 0.256 e. The lowest BCUT2D eigenvalue weighted by atomic mass is 10.1. The van der Waals surface area contributed by atoms with Gasteiger partial charge in [-0.3, -0.25) is 14.5 Å². The molecule has 1 aliphatic rings. The van der Waals surface area contributed by atoms with Crippen molar-refractivity contribution in [1.29, 1.82) is 0 Å². The average molecular weight is 498 g/mol. The molecule has 3 aromatic carbocycles. The zero-order valence-electron chi connectivity index (χ0n) is 17.6. The molecular formula is C25H21Cl2N3O2S. The van der Waals surface area contributed by atoms with Crippen LogP contribution in [0.15, 0.2) is 78.9 Å². The van der Waals surface area contributed by atoms with Gasteiger partial charge in [-0.25, -0.2) is 0 Å². The Kier molecular flexibility index (Phi) is 7.28. The van der Waals surface area contributed by atoms with Crippen molar-refractivity contribution in [3.8, 4) is 0 Å². The van der Waals surface area contributed by atoms with Crippen molar-refractivity contribution >= 4 is 63.7 Å². The first kappa shape index (κ1) is 23.2. The number of nitrogens with zero attached hydrogens (tertiary/aromatic N) is 2. The normalized spacial score (nSPS) is 15.8. The third-order valence-corrected chi connectivity index (χ3v) is 6.32. The van der Waals surface area contributed by atoms with Gasteiger partial charge in [0.15, 0.2) is 5.11 Å². The van der Waals surface area contributed by atoms with E-state index in [4.69, 9.17) is 35.4 Å². The summed E-state index contributed by atoms with van der Waals surface area (Å²) < 4.78 is 0. The number of para-hydroxylation sites is 1. The van der Waals surface area contributed by atoms with E-state index >= 15 is 0 Å². The van der Waals surface area contributed by atoms with Crippen molar-refractivity contribution in [3.05, 3.63) is 94.5 Å². The molecule has 1 N–H and O–H groups in total. The van der Waals surface area contributed by atoms with Crippen LogP contribution in [0.4, 0.5) is 11.4 Å². The van der Waals surface area contributed by atoms with Gasteiger partial charge in [0, 0.05) is 22.3 Å². The molecule has 1 saturated heterocycles. The van der Waals surface area contributed by atoms with Crippen molar-refractivity contribution in [2.45, 2.75) is 18.9 Å². The van der Waals surface area contributed by atoms with Crippen LogP contribution in [-0.2, 0) is 16.0 Å². The molecule has 0 radical (unpaired) electrons. The molecular weight excluding hydrogens is 477 g/mol. The Morgan fingerprint density at radius 1 is 0.909 bits per heavy atom. The highest BCUT2D eigenvalue weighted by Crippen LogP contribution is 2.28. The molecule has 0 saturated carbocycles. The number of rotatable bonds is 7. The summed E-state index contributed by atoms with van der Waals surface area (Å²) in [5.74, 6) is -0.488. The Morgan fingerprint density at radius 3 is 2.15 bits per heavy atom. The van der Waals surface area contributed by atoms with Crippen molar-refractivity contribution in [1.82, 2.24) is 4.90 Å². The molecule has 1 heterocycles. The quantitative estimate of drug-likeness (QED) is 0.433. The van der Waals surface area contributed by atoms with Crippen LogP contribution in [0.25, 0.3) is 0 Å². The summed E-state index contributed by atoms with van der Waals surface area (Å²) in [5, 5.41) is 4.47. The number of benzene rings is 3. The van der Waals surface area contributed by atoms with Crippen LogP contribution in [0, 0.1) is 0 Å². The Hall–Kier alpha value is -2.93. The molecule has 1 aliphatic heterocycles. The highest BCUT2D eigenvalue weighted by Gasteiger charge is 2.43. The lowest BCUT2D eigenvalue weighted by Gasteiger charge is -2.24. The fourth-order valence-electron chi connectivity index (χ4n) is 3.72. The van der Waals surface area contributed by atoms with Gasteiger partial charge in [0.2, 0.25) is 5.91 Å². The van der Waals surface area contributed by atoms with Crippen molar-refractivity contribution in [2.24, 2.45) is 0 Å². The SMILES string of the molecule is O=C(CC1C(=O)N(c2ccccc2)C(=S)N1CCc1ccc(Cl)cc1)Nc1ccc(Cl)cc1. The molecule has 0 spiro atoms. The van der Waals surface area contributed by atoms with E-state index in [0.29, 0.717) is 39.5 Å². The van der Waals surface area contributed by atoms with E-state index < -0.39 is 6.04 Å². The first-order valence-electron chi connectivity index (χ1n) is 10.4. The highest BCUT2D eigenvalue weighted by molar-refractivity contribution is 7.80. The van der Waals surface area contributed by atoms with Gasteiger partial charge in [-0.2, -0.15) is 0 Å². The molecule has 0 bridgehead atoms. The fraction of sp³-hybridized carbons (Fsp3) is 0.160. The Balaban J connectivity index is 1.54. The summed E-state index contributed by atoms with van der Waals surface area (Å²) in [6.45, 7) is 0.494. The van der Waals surface area contributed by atoms with E-state index in [1.807, 2.05) is 59.5 Å². The average Bonchev–Trinajstić information content (AvgIpc) is 3.04. The van der Waals surface area contributed by atoms with E-state index in [1.165, 1.54) is 4.90 Å². The number of thiocarbonyl (C=S) groups is 1. The molecule has 1 atom stereocenters. The summed E-state index contributed by atoms with van der Waals surface area (Å²) in [5.41, 5.74) is 2.37. The summed E-state index contributed by atoms with van der Waals surface area (Å²) in [6, 6.07) is 22.9. The molecule has 5 nitrogen and oxygen atoms in total. The van der Waals surface area contributed by atoms with Gasteiger partial charge in [0.05, 0.1) is 12.1 Å². The molecule has 1 unspecified atom stereocenters. The van der Waals surface area contributed by atoms with Crippen molar-refractivity contribution in [2.75, 3.05) is 16.8 Å². The third-order valence-electron chi connectivity index (χ3n) is 5.39. The van der Waals surface area contributed by atoms with Crippen LogP contribution in [0.2, 0.25) is 10.0 Å². The number of amides is 2. The Bertz CT molecular complexity index is 1150. The van der Waals surface area contributed by atoms with E-state index in [2.05, 4.69) is 5.32 Å². The lowest BCUT2D eigenvalue weighted by Crippen LogP contribution is -2.39.